The summed E-state index contributed by atoms with van der Waals surface area (Å²) in [6, 6.07) is 2.34. The van der Waals surface area contributed by atoms with Crippen molar-refractivity contribution in [3.05, 3.63) is 22.4 Å². The molecule has 0 aliphatic carbocycles. The predicted octanol–water partition coefficient (Wildman–Crippen LogP) is 0.940. The Kier molecular flexibility index (Phi) is 2.84. The third-order valence-electron chi connectivity index (χ3n) is 2.56. The lowest BCUT2D eigenvalue weighted by atomic mass is 10.0. The Morgan fingerprint density at radius 1 is 1.71 bits per heavy atom. The molecule has 2 rings (SSSR count). The summed E-state index contributed by atoms with van der Waals surface area (Å²) in [7, 11) is 0. The highest BCUT2D eigenvalue weighted by Gasteiger charge is 2.22. The van der Waals surface area contributed by atoms with Crippen LogP contribution in [-0.2, 0) is 4.79 Å². The van der Waals surface area contributed by atoms with Crippen molar-refractivity contribution in [2.45, 2.75) is 18.9 Å². The van der Waals surface area contributed by atoms with Crippen LogP contribution >= 0.6 is 11.3 Å². The summed E-state index contributed by atoms with van der Waals surface area (Å²) in [5, 5.41) is 10.2. The number of carbonyl (C=O) groups is 1. The topological polar surface area (TPSA) is 41.1 Å². The molecule has 1 aromatic heterocycles. The molecule has 1 aromatic rings. The fraction of sp³-hybridized carbons (Fsp3) is 0.500. The van der Waals surface area contributed by atoms with Crippen LogP contribution in [0.15, 0.2) is 16.8 Å². The number of carbonyl (C=O) groups excluding carboxylic acids is 1. The highest BCUT2D eigenvalue weighted by molar-refractivity contribution is 7.08. The lowest BCUT2D eigenvalue weighted by molar-refractivity contribution is -0.123. The Morgan fingerprint density at radius 3 is 3.00 bits per heavy atom. The number of amides is 1. The van der Waals surface area contributed by atoms with Crippen LogP contribution in [0.5, 0.6) is 0 Å². The van der Waals surface area contributed by atoms with Gasteiger partial charge in [-0.3, -0.25) is 4.79 Å². The van der Waals surface area contributed by atoms with Crippen LogP contribution < -0.4 is 10.6 Å². The minimum Gasteiger partial charge on any atom is -0.350 e. The van der Waals surface area contributed by atoms with E-state index in [0.29, 0.717) is 6.04 Å². The number of hydrogen-bond acceptors (Lipinski definition) is 3. The van der Waals surface area contributed by atoms with E-state index in [0.717, 1.165) is 18.7 Å². The van der Waals surface area contributed by atoms with Crippen molar-refractivity contribution in [1.29, 1.82) is 0 Å². The molecule has 14 heavy (non-hydrogen) atoms. The van der Waals surface area contributed by atoms with Gasteiger partial charge in [0.25, 0.3) is 0 Å². The van der Waals surface area contributed by atoms with Crippen molar-refractivity contribution in [3.8, 4) is 0 Å². The molecule has 0 spiro atoms. The van der Waals surface area contributed by atoms with E-state index >= 15 is 0 Å². The minimum atomic E-state index is -0.0261. The zero-order valence-corrected chi connectivity index (χ0v) is 8.93. The standard InChI is InChI=1S/C10H14N2OS/c1-7(8-2-3-14-6-8)10(13)12-9-4-11-5-9/h2-3,6-7,9,11H,4-5H2,1H3,(H,12,13). The maximum Gasteiger partial charge on any atom is 0.227 e. The largest absolute Gasteiger partial charge is 0.350 e. The second-order valence-corrected chi connectivity index (χ2v) is 4.42. The molecule has 0 radical (unpaired) electrons. The Hall–Kier alpha value is -0.870. The molecule has 0 bridgehead atoms. The maximum atomic E-state index is 11.7. The number of rotatable bonds is 3. The van der Waals surface area contributed by atoms with Gasteiger partial charge in [-0.25, -0.2) is 0 Å². The monoisotopic (exact) mass is 210 g/mol. The first-order chi connectivity index (χ1) is 6.77. The van der Waals surface area contributed by atoms with E-state index < -0.39 is 0 Å². The molecule has 1 atom stereocenters. The van der Waals surface area contributed by atoms with Gasteiger partial charge in [0.05, 0.1) is 12.0 Å². The fourth-order valence-corrected chi connectivity index (χ4v) is 2.14. The third kappa shape index (κ3) is 1.96. The van der Waals surface area contributed by atoms with E-state index in [2.05, 4.69) is 10.6 Å². The highest BCUT2D eigenvalue weighted by Crippen LogP contribution is 2.18. The third-order valence-corrected chi connectivity index (χ3v) is 3.27. The maximum absolute atomic E-state index is 11.7. The molecule has 0 saturated carbocycles. The van der Waals surface area contributed by atoms with Gasteiger partial charge in [0.2, 0.25) is 5.91 Å². The van der Waals surface area contributed by atoms with Gasteiger partial charge < -0.3 is 10.6 Å². The van der Waals surface area contributed by atoms with Gasteiger partial charge in [-0.05, 0) is 29.3 Å². The zero-order valence-electron chi connectivity index (χ0n) is 8.12. The SMILES string of the molecule is CC(C(=O)NC1CNC1)c1ccsc1. The molecule has 2 N–H and O–H groups in total. The van der Waals surface area contributed by atoms with Crippen LogP contribution in [0.4, 0.5) is 0 Å². The Labute approximate surface area is 87.5 Å². The molecule has 1 unspecified atom stereocenters. The first-order valence-electron chi connectivity index (χ1n) is 4.80. The second-order valence-electron chi connectivity index (χ2n) is 3.64. The Bertz CT molecular complexity index is 306. The second kappa shape index (κ2) is 4.11. The first-order valence-corrected chi connectivity index (χ1v) is 5.75. The van der Waals surface area contributed by atoms with E-state index in [9.17, 15) is 4.79 Å². The van der Waals surface area contributed by atoms with E-state index in [-0.39, 0.29) is 11.8 Å². The van der Waals surface area contributed by atoms with E-state index in [4.69, 9.17) is 0 Å². The molecule has 1 saturated heterocycles. The molecule has 4 heteroatoms. The quantitative estimate of drug-likeness (QED) is 0.779. The summed E-state index contributed by atoms with van der Waals surface area (Å²) in [5.74, 6) is 0.108. The van der Waals surface area contributed by atoms with Crippen molar-refractivity contribution < 1.29 is 4.79 Å². The van der Waals surface area contributed by atoms with Gasteiger partial charge in [-0.15, -0.1) is 0 Å². The van der Waals surface area contributed by atoms with Crippen molar-refractivity contribution >= 4 is 17.2 Å². The minimum absolute atomic E-state index is 0.0261. The molecule has 3 nitrogen and oxygen atoms in total. The van der Waals surface area contributed by atoms with Crippen molar-refractivity contribution in [2.75, 3.05) is 13.1 Å². The van der Waals surface area contributed by atoms with Crippen LogP contribution in [-0.4, -0.2) is 25.0 Å². The average molecular weight is 210 g/mol. The summed E-state index contributed by atoms with van der Waals surface area (Å²) in [5.41, 5.74) is 1.11. The van der Waals surface area contributed by atoms with Gasteiger partial charge in [-0.2, -0.15) is 11.3 Å². The van der Waals surface area contributed by atoms with Gasteiger partial charge in [0.15, 0.2) is 0 Å². The van der Waals surface area contributed by atoms with Gasteiger partial charge in [-0.1, -0.05) is 0 Å². The summed E-state index contributed by atoms with van der Waals surface area (Å²) < 4.78 is 0. The number of nitrogens with one attached hydrogen (secondary N) is 2. The highest BCUT2D eigenvalue weighted by atomic mass is 32.1. The summed E-state index contributed by atoms with van der Waals surface area (Å²) in [6.07, 6.45) is 0. The van der Waals surface area contributed by atoms with Gasteiger partial charge in [0.1, 0.15) is 0 Å². The van der Waals surface area contributed by atoms with Crippen LogP contribution in [0, 0.1) is 0 Å². The van der Waals surface area contributed by atoms with E-state index in [1.807, 2.05) is 23.8 Å². The summed E-state index contributed by atoms with van der Waals surface area (Å²) in [4.78, 5) is 11.7. The molecule has 1 aliphatic rings. The van der Waals surface area contributed by atoms with Crippen LogP contribution in [0.25, 0.3) is 0 Å². The first kappa shape index (κ1) is 9.68. The van der Waals surface area contributed by atoms with E-state index in [1.165, 1.54) is 0 Å². The van der Waals surface area contributed by atoms with Crippen molar-refractivity contribution in [1.82, 2.24) is 10.6 Å². The lowest BCUT2D eigenvalue weighted by Gasteiger charge is -2.29. The molecular formula is C10H14N2OS. The molecule has 1 aliphatic heterocycles. The molecule has 1 fully saturated rings. The van der Waals surface area contributed by atoms with Crippen LogP contribution in [0.1, 0.15) is 18.4 Å². The lowest BCUT2D eigenvalue weighted by Crippen LogP contribution is -2.57. The van der Waals surface area contributed by atoms with Crippen molar-refractivity contribution in [3.63, 3.8) is 0 Å². The summed E-state index contributed by atoms with van der Waals surface area (Å²) in [6.45, 7) is 3.76. The van der Waals surface area contributed by atoms with Crippen molar-refractivity contribution in [2.24, 2.45) is 0 Å². The Morgan fingerprint density at radius 2 is 2.50 bits per heavy atom. The fourth-order valence-electron chi connectivity index (χ4n) is 1.39. The van der Waals surface area contributed by atoms with Crippen LogP contribution in [0.3, 0.4) is 0 Å². The molecule has 0 aromatic carbocycles. The number of thiophene rings is 1. The van der Waals surface area contributed by atoms with Gasteiger partial charge in [0, 0.05) is 13.1 Å². The molecule has 1 amide bonds. The van der Waals surface area contributed by atoms with Crippen LogP contribution in [0.2, 0.25) is 0 Å². The predicted molar refractivity (Wildman–Crippen MR) is 57.5 cm³/mol. The molecule has 2 heterocycles. The normalized spacial score (nSPS) is 18.6. The Balaban J connectivity index is 1.90. The molecular weight excluding hydrogens is 196 g/mol. The van der Waals surface area contributed by atoms with E-state index in [1.54, 1.807) is 11.3 Å². The van der Waals surface area contributed by atoms with Gasteiger partial charge >= 0.3 is 0 Å². The zero-order chi connectivity index (χ0) is 9.97. The molecule has 76 valence electrons. The summed E-state index contributed by atoms with van der Waals surface area (Å²) >= 11 is 1.63. The average Bonchev–Trinajstić information content (AvgIpc) is 2.62. The smallest absolute Gasteiger partial charge is 0.227 e. The number of hydrogen-bond donors (Lipinski definition) is 2.